The number of rotatable bonds is 0. The van der Waals surface area contributed by atoms with Crippen LogP contribution in [0.15, 0.2) is 0 Å². The summed E-state index contributed by atoms with van der Waals surface area (Å²) in [5, 5.41) is 14.8. The fourth-order valence-corrected chi connectivity index (χ4v) is 0. The fraction of sp³-hybridized carbons (Fsp3) is 0. The highest BCUT2D eigenvalue weighted by molar-refractivity contribution is 6.27. The van der Waals surface area contributed by atoms with Crippen molar-refractivity contribution in [3.05, 3.63) is 0 Å². The molecule has 0 aliphatic carbocycles. The van der Waals surface area contributed by atoms with Gasteiger partial charge in [-0.2, -0.15) is 0 Å². The maximum atomic E-state index is 9.10. The van der Waals surface area contributed by atoms with E-state index in [1.165, 1.54) is 0 Å². The second kappa shape index (κ2) is 6.43. The van der Waals surface area contributed by atoms with E-state index in [4.69, 9.17) is 24.0 Å². The number of hydrogen-bond donors (Lipinski definition) is 3. The Balaban J connectivity index is 0. The van der Waals surface area contributed by atoms with Crippen LogP contribution in [0.4, 0.5) is 0 Å². The summed E-state index contributed by atoms with van der Waals surface area (Å²) < 4.78 is 7.14. The molecular formula is C2H5AlO5. The van der Waals surface area contributed by atoms with Gasteiger partial charge in [0.1, 0.15) is 0 Å². The summed E-state index contributed by atoms with van der Waals surface area (Å²) in [6, 6.07) is 0. The zero-order valence-electron chi connectivity index (χ0n) is 4.16. The molecule has 0 bridgehead atoms. The molecule has 0 fully saturated rings. The van der Waals surface area contributed by atoms with Crippen LogP contribution in [0.1, 0.15) is 0 Å². The van der Waals surface area contributed by atoms with Crippen LogP contribution < -0.4 is 0 Å². The Morgan fingerprint density at radius 3 is 1.12 bits per heavy atom. The summed E-state index contributed by atoms with van der Waals surface area (Å²) in [7, 11) is 0. The van der Waals surface area contributed by atoms with E-state index in [0.717, 1.165) is 0 Å². The van der Waals surface area contributed by atoms with Crippen molar-refractivity contribution in [3.8, 4) is 0 Å². The molecule has 3 N–H and O–H groups in total. The van der Waals surface area contributed by atoms with Crippen molar-refractivity contribution >= 4 is 28.6 Å². The van der Waals surface area contributed by atoms with E-state index >= 15 is 0 Å². The lowest BCUT2D eigenvalue weighted by atomic mass is 10.7. The summed E-state index contributed by atoms with van der Waals surface area (Å²) in [5.41, 5.74) is 0. The number of carboxylic acids is 2. The third-order valence-corrected chi connectivity index (χ3v) is 0.183. The van der Waals surface area contributed by atoms with Crippen molar-refractivity contribution in [1.29, 1.82) is 0 Å². The van der Waals surface area contributed by atoms with Gasteiger partial charge in [-0.25, -0.2) is 9.59 Å². The lowest BCUT2D eigenvalue weighted by molar-refractivity contribution is -0.159. The smallest absolute Gasteiger partial charge is 0.414 e. The molecule has 0 unspecified atom stereocenters. The quantitative estimate of drug-likeness (QED) is 0.256. The Morgan fingerprint density at radius 2 is 1.12 bits per heavy atom. The minimum absolute atomic E-state index is 0.306. The van der Waals surface area contributed by atoms with E-state index in [1.54, 1.807) is 0 Å². The van der Waals surface area contributed by atoms with E-state index in [2.05, 4.69) is 0 Å². The third kappa shape index (κ3) is 9.06. The zero-order valence-corrected chi connectivity index (χ0v) is 6.16. The first-order valence-corrected chi connectivity index (χ1v) is 2.45. The molecule has 0 saturated heterocycles. The maximum Gasteiger partial charge on any atom is 0.414 e. The Kier molecular flexibility index (Phi) is 8.38. The van der Waals surface area contributed by atoms with E-state index < -0.39 is 11.9 Å². The molecule has 0 aromatic rings. The first-order valence-electron chi connectivity index (χ1n) is 1.55. The van der Waals surface area contributed by atoms with Crippen LogP contribution in [0.5, 0.6) is 0 Å². The van der Waals surface area contributed by atoms with Crippen molar-refractivity contribution in [1.82, 2.24) is 0 Å². The van der Waals surface area contributed by atoms with Gasteiger partial charge in [-0.15, -0.1) is 0 Å². The number of hydrogen-bond acceptors (Lipinski definition) is 3. The molecule has 0 aliphatic heterocycles. The van der Waals surface area contributed by atoms with Gasteiger partial charge in [-0.05, 0) is 0 Å². The van der Waals surface area contributed by atoms with Crippen LogP contribution in [0.2, 0.25) is 0 Å². The lowest BCUT2D eigenvalue weighted by Gasteiger charge is -1.72. The van der Waals surface area contributed by atoms with Gasteiger partial charge in [-0.3, -0.25) is 0 Å². The average molecular weight is 136 g/mol. The van der Waals surface area contributed by atoms with Crippen LogP contribution in [0.25, 0.3) is 0 Å². The predicted molar refractivity (Wildman–Crippen MR) is 26.0 cm³/mol. The van der Waals surface area contributed by atoms with Crippen LogP contribution in [-0.2, 0) is 9.59 Å². The molecule has 5 nitrogen and oxygen atoms in total. The SMILES string of the molecule is O=C(O)C(=O)O.[OH][AlH2]. The van der Waals surface area contributed by atoms with Crippen LogP contribution in [-0.4, -0.2) is 42.9 Å². The fourth-order valence-electron chi connectivity index (χ4n) is 0. The Hall–Kier alpha value is -0.568. The van der Waals surface area contributed by atoms with Crippen molar-refractivity contribution in [3.63, 3.8) is 0 Å². The highest BCUT2D eigenvalue weighted by atomic mass is 27.1. The monoisotopic (exact) mass is 136 g/mol. The Morgan fingerprint density at radius 1 is 1.00 bits per heavy atom. The second-order valence-corrected chi connectivity index (χ2v) is 0.610. The highest BCUT2D eigenvalue weighted by Gasteiger charge is 2.04. The van der Waals surface area contributed by atoms with Gasteiger partial charge in [0, 0.05) is 0 Å². The van der Waals surface area contributed by atoms with Crippen LogP contribution in [0.3, 0.4) is 0 Å². The number of carboxylic acid groups (broad SMARTS) is 2. The van der Waals surface area contributed by atoms with Crippen molar-refractivity contribution < 1.29 is 24.0 Å². The largest absolute Gasteiger partial charge is 0.521 e. The second-order valence-electron chi connectivity index (χ2n) is 0.610. The van der Waals surface area contributed by atoms with E-state index in [1.807, 2.05) is 0 Å². The molecule has 0 saturated carbocycles. The number of aliphatic carboxylic acids is 2. The predicted octanol–water partition coefficient (Wildman–Crippen LogP) is -2.32. The molecule has 0 spiro atoms. The summed E-state index contributed by atoms with van der Waals surface area (Å²) in [6.45, 7) is 0. The third-order valence-electron chi connectivity index (χ3n) is 0.183. The maximum absolute atomic E-state index is 9.10. The first kappa shape index (κ1) is 10.4. The molecule has 0 atom stereocenters. The molecule has 0 aromatic carbocycles. The Labute approximate surface area is 53.3 Å². The van der Waals surface area contributed by atoms with E-state index in [0.29, 0.717) is 16.6 Å². The zero-order chi connectivity index (χ0) is 7.15. The van der Waals surface area contributed by atoms with Gasteiger partial charge in [0.2, 0.25) is 0 Å². The van der Waals surface area contributed by atoms with Gasteiger partial charge in [0.25, 0.3) is 0 Å². The van der Waals surface area contributed by atoms with Gasteiger partial charge in [-0.1, -0.05) is 0 Å². The molecule has 0 radical (unpaired) electrons. The summed E-state index contributed by atoms with van der Waals surface area (Å²) in [6.07, 6.45) is 0. The minimum Gasteiger partial charge on any atom is -0.521 e. The minimum atomic E-state index is -1.82. The molecule has 0 heterocycles. The van der Waals surface area contributed by atoms with Crippen molar-refractivity contribution in [2.75, 3.05) is 0 Å². The van der Waals surface area contributed by atoms with Crippen molar-refractivity contribution in [2.45, 2.75) is 0 Å². The molecule has 6 heteroatoms. The Bertz CT molecular complexity index is 76.4. The van der Waals surface area contributed by atoms with Gasteiger partial charge >= 0.3 is 28.6 Å². The first-order chi connectivity index (χ1) is 3.64. The van der Waals surface area contributed by atoms with Crippen LogP contribution in [0, 0.1) is 0 Å². The van der Waals surface area contributed by atoms with E-state index in [9.17, 15) is 0 Å². The van der Waals surface area contributed by atoms with E-state index in [-0.39, 0.29) is 0 Å². The molecule has 0 rings (SSSR count). The highest BCUT2D eigenvalue weighted by Crippen LogP contribution is 1.56. The summed E-state index contributed by atoms with van der Waals surface area (Å²) in [5.74, 6) is -3.65. The topological polar surface area (TPSA) is 94.8 Å². The van der Waals surface area contributed by atoms with Gasteiger partial charge in [0.05, 0.1) is 0 Å². The summed E-state index contributed by atoms with van der Waals surface area (Å²) >= 11 is 0.306. The molecule has 0 aromatic heterocycles. The average Bonchev–Trinajstić information content (AvgIpc) is 1.72. The van der Waals surface area contributed by atoms with Crippen molar-refractivity contribution in [2.24, 2.45) is 0 Å². The standard InChI is InChI=1S/C2H2O4.Al.H2O.2H/c3-1(4)2(5)6;;;;/h(H,3,4)(H,5,6);;1H2;;/q;+1;;;/p-1. The molecule has 46 valence electrons. The van der Waals surface area contributed by atoms with Crippen LogP contribution >= 0.6 is 0 Å². The molecule has 8 heavy (non-hydrogen) atoms. The van der Waals surface area contributed by atoms with Gasteiger partial charge < -0.3 is 14.4 Å². The lowest BCUT2D eigenvalue weighted by Crippen LogP contribution is -2.09. The normalized spacial score (nSPS) is 6.12. The summed E-state index contributed by atoms with van der Waals surface area (Å²) in [4.78, 5) is 18.2. The van der Waals surface area contributed by atoms with Gasteiger partial charge in [0.15, 0.2) is 0 Å². The molecule has 0 aliphatic rings. The molecule has 0 amide bonds. The number of carbonyl (C=O) groups is 2. The molecular weight excluding hydrogens is 131 g/mol.